The summed E-state index contributed by atoms with van der Waals surface area (Å²) in [7, 11) is 0. The number of aryl methyl sites for hydroxylation is 2. The Bertz CT molecular complexity index is 679. The molecule has 110 valence electrons. The van der Waals surface area contributed by atoms with Crippen LogP contribution in [0.1, 0.15) is 27.4 Å². The maximum Gasteiger partial charge on any atom is 0.336 e. The third kappa shape index (κ3) is 3.82. The number of anilines is 1. The lowest BCUT2D eigenvalue weighted by atomic mass is 10.1. The molecule has 0 unspecified atom stereocenters. The molecule has 21 heavy (non-hydrogen) atoms. The molecule has 0 aliphatic rings. The highest BCUT2D eigenvalue weighted by Crippen LogP contribution is 2.15. The first kappa shape index (κ1) is 14.6. The number of aromatic carboxylic acids is 1. The molecule has 7 nitrogen and oxygen atoms in total. The predicted molar refractivity (Wildman–Crippen MR) is 75.2 cm³/mol. The van der Waals surface area contributed by atoms with E-state index in [4.69, 9.17) is 9.63 Å². The quantitative estimate of drug-likeness (QED) is 0.801. The Hall–Kier alpha value is -2.83. The number of rotatable bonds is 4. The van der Waals surface area contributed by atoms with Gasteiger partial charge in [0, 0.05) is 11.8 Å². The number of carboxylic acid groups (broad SMARTS) is 1. The summed E-state index contributed by atoms with van der Waals surface area (Å²) >= 11 is 0. The topological polar surface area (TPSA) is 104 Å². The summed E-state index contributed by atoms with van der Waals surface area (Å²) in [5.41, 5.74) is 1.80. The van der Waals surface area contributed by atoms with Gasteiger partial charge in [-0.15, -0.1) is 0 Å². The normalized spacial score (nSPS) is 10.2. The van der Waals surface area contributed by atoms with Gasteiger partial charge in [0.2, 0.25) is 0 Å². The summed E-state index contributed by atoms with van der Waals surface area (Å²) in [5.74, 6) is -0.369. The standard InChI is InChI=1S/C14H15N3O4/c1-8-3-4-10(6-12(8)13(18)19)16-14(20)15-7-11-5-9(2)21-17-11/h3-6H,7H2,1-2H3,(H,18,19)(H2,15,16,20). The number of aromatic nitrogens is 1. The Balaban J connectivity index is 1.96. The van der Waals surface area contributed by atoms with Gasteiger partial charge in [-0.3, -0.25) is 0 Å². The number of nitrogens with one attached hydrogen (secondary N) is 2. The van der Waals surface area contributed by atoms with Crippen LogP contribution in [0.15, 0.2) is 28.8 Å². The molecule has 0 saturated carbocycles. The molecule has 0 radical (unpaired) electrons. The molecule has 1 aromatic heterocycles. The molecular weight excluding hydrogens is 274 g/mol. The zero-order valence-corrected chi connectivity index (χ0v) is 11.6. The van der Waals surface area contributed by atoms with Crippen LogP contribution < -0.4 is 10.6 Å². The van der Waals surface area contributed by atoms with E-state index in [-0.39, 0.29) is 12.1 Å². The van der Waals surface area contributed by atoms with Crippen molar-refractivity contribution in [3.05, 3.63) is 46.8 Å². The molecular formula is C14H15N3O4. The fraction of sp³-hybridized carbons (Fsp3) is 0.214. The van der Waals surface area contributed by atoms with E-state index < -0.39 is 12.0 Å². The molecule has 0 saturated heterocycles. The number of hydrogen-bond donors (Lipinski definition) is 3. The maximum absolute atomic E-state index is 11.7. The van der Waals surface area contributed by atoms with Crippen LogP contribution in [0.3, 0.4) is 0 Å². The summed E-state index contributed by atoms with van der Waals surface area (Å²) in [6.45, 7) is 3.68. The fourth-order valence-corrected chi connectivity index (χ4v) is 1.78. The van der Waals surface area contributed by atoms with Crippen LogP contribution in [0.4, 0.5) is 10.5 Å². The second-order valence-electron chi connectivity index (χ2n) is 4.57. The average Bonchev–Trinajstić information content (AvgIpc) is 2.84. The third-order valence-corrected chi connectivity index (χ3v) is 2.83. The fourth-order valence-electron chi connectivity index (χ4n) is 1.78. The second kappa shape index (κ2) is 6.08. The lowest BCUT2D eigenvalue weighted by molar-refractivity contribution is 0.0696. The number of benzene rings is 1. The van der Waals surface area contributed by atoms with E-state index in [0.29, 0.717) is 22.7 Å². The smallest absolute Gasteiger partial charge is 0.336 e. The molecule has 1 aromatic carbocycles. The minimum absolute atomic E-state index is 0.153. The molecule has 0 fully saturated rings. The maximum atomic E-state index is 11.7. The Morgan fingerprint density at radius 3 is 2.67 bits per heavy atom. The molecule has 0 bridgehead atoms. The van der Waals surface area contributed by atoms with Crippen molar-refractivity contribution in [3.63, 3.8) is 0 Å². The SMILES string of the molecule is Cc1cc(CNC(=O)Nc2ccc(C)c(C(=O)O)c2)no1. The highest BCUT2D eigenvalue weighted by atomic mass is 16.5. The van der Waals surface area contributed by atoms with Gasteiger partial charge in [0.25, 0.3) is 0 Å². The largest absolute Gasteiger partial charge is 0.478 e. The van der Waals surface area contributed by atoms with Crippen LogP contribution in [-0.4, -0.2) is 22.3 Å². The number of hydrogen-bond acceptors (Lipinski definition) is 4. The van der Waals surface area contributed by atoms with Crippen molar-refractivity contribution in [1.82, 2.24) is 10.5 Å². The summed E-state index contributed by atoms with van der Waals surface area (Å²) in [5, 5.41) is 18.0. The van der Waals surface area contributed by atoms with Crippen molar-refractivity contribution in [3.8, 4) is 0 Å². The van der Waals surface area contributed by atoms with Crippen LogP contribution in [-0.2, 0) is 6.54 Å². The van der Waals surface area contributed by atoms with E-state index in [1.54, 1.807) is 32.0 Å². The first-order valence-corrected chi connectivity index (χ1v) is 6.26. The Kier molecular flexibility index (Phi) is 4.22. The molecule has 2 amide bonds. The number of urea groups is 1. The summed E-state index contributed by atoms with van der Waals surface area (Å²) in [4.78, 5) is 22.8. The van der Waals surface area contributed by atoms with Gasteiger partial charge in [-0.2, -0.15) is 0 Å². The van der Waals surface area contributed by atoms with Gasteiger partial charge in [0.15, 0.2) is 0 Å². The Morgan fingerprint density at radius 1 is 1.29 bits per heavy atom. The molecule has 2 aromatic rings. The van der Waals surface area contributed by atoms with Gasteiger partial charge >= 0.3 is 12.0 Å². The van der Waals surface area contributed by atoms with Crippen LogP contribution in [0.25, 0.3) is 0 Å². The second-order valence-corrected chi connectivity index (χ2v) is 4.57. The minimum atomic E-state index is -1.03. The third-order valence-electron chi connectivity index (χ3n) is 2.83. The molecule has 0 aliphatic carbocycles. The van der Waals surface area contributed by atoms with E-state index in [1.807, 2.05) is 0 Å². The van der Waals surface area contributed by atoms with Crippen molar-refractivity contribution in [2.75, 3.05) is 5.32 Å². The molecule has 2 rings (SSSR count). The van der Waals surface area contributed by atoms with Gasteiger partial charge in [-0.1, -0.05) is 11.2 Å². The van der Waals surface area contributed by atoms with E-state index >= 15 is 0 Å². The monoisotopic (exact) mass is 289 g/mol. The first-order chi connectivity index (χ1) is 9.95. The van der Waals surface area contributed by atoms with Gasteiger partial charge in [0.05, 0.1) is 12.1 Å². The lowest BCUT2D eigenvalue weighted by Gasteiger charge is -2.08. The highest BCUT2D eigenvalue weighted by molar-refractivity contribution is 5.94. The van der Waals surface area contributed by atoms with E-state index in [2.05, 4.69) is 15.8 Å². The number of carboxylic acids is 1. The van der Waals surface area contributed by atoms with Gasteiger partial charge in [0.1, 0.15) is 11.5 Å². The summed E-state index contributed by atoms with van der Waals surface area (Å²) in [6, 6.07) is 5.96. The average molecular weight is 289 g/mol. The molecule has 3 N–H and O–H groups in total. The van der Waals surface area contributed by atoms with Crippen molar-refractivity contribution >= 4 is 17.7 Å². The van der Waals surface area contributed by atoms with Crippen molar-refractivity contribution in [2.45, 2.75) is 20.4 Å². The molecule has 1 heterocycles. The van der Waals surface area contributed by atoms with Crippen LogP contribution in [0.2, 0.25) is 0 Å². The minimum Gasteiger partial charge on any atom is -0.478 e. The van der Waals surface area contributed by atoms with Crippen LogP contribution >= 0.6 is 0 Å². The van der Waals surface area contributed by atoms with Gasteiger partial charge in [-0.05, 0) is 31.5 Å². The van der Waals surface area contributed by atoms with E-state index in [1.165, 1.54) is 6.07 Å². The lowest BCUT2D eigenvalue weighted by Crippen LogP contribution is -2.28. The molecule has 0 spiro atoms. The number of nitrogens with zero attached hydrogens (tertiary/aromatic N) is 1. The van der Waals surface area contributed by atoms with Crippen LogP contribution in [0.5, 0.6) is 0 Å². The Labute approximate surface area is 120 Å². The highest BCUT2D eigenvalue weighted by Gasteiger charge is 2.10. The summed E-state index contributed by atoms with van der Waals surface area (Å²) in [6.07, 6.45) is 0. The van der Waals surface area contributed by atoms with Crippen molar-refractivity contribution < 1.29 is 19.2 Å². The number of carbonyl (C=O) groups excluding carboxylic acids is 1. The van der Waals surface area contributed by atoms with E-state index in [9.17, 15) is 9.59 Å². The zero-order chi connectivity index (χ0) is 15.4. The number of amides is 2. The van der Waals surface area contributed by atoms with Gasteiger partial charge < -0.3 is 20.3 Å². The first-order valence-electron chi connectivity index (χ1n) is 6.26. The molecule has 0 aliphatic heterocycles. The zero-order valence-electron chi connectivity index (χ0n) is 11.6. The van der Waals surface area contributed by atoms with Crippen LogP contribution in [0, 0.1) is 13.8 Å². The van der Waals surface area contributed by atoms with Crippen molar-refractivity contribution in [2.24, 2.45) is 0 Å². The molecule has 7 heteroatoms. The molecule has 0 atom stereocenters. The predicted octanol–water partition coefficient (Wildman–Crippen LogP) is 2.31. The summed E-state index contributed by atoms with van der Waals surface area (Å²) < 4.78 is 4.88. The number of carbonyl (C=O) groups is 2. The Morgan fingerprint density at radius 2 is 2.05 bits per heavy atom. The van der Waals surface area contributed by atoms with E-state index in [0.717, 1.165) is 0 Å². The van der Waals surface area contributed by atoms with Gasteiger partial charge in [-0.25, -0.2) is 9.59 Å². The van der Waals surface area contributed by atoms with Crippen molar-refractivity contribution in [1.29, 1.82) is 0 Å².